The van der Waals surface area contributed by atoms with Crippen molar-refractivity contribution in [1.29, 1.82) is 0 Å². The first-order chi connectivity index (χ1) is 15.5. The maximum Gasteiger partial charge on any atom is -0.0398 e. The fraction of sp³-hybridized carbons (Fsp3) is 0.200. The molecule has 0 saturated heterocycles. The first kappa shape index (κ1) is 28.6. The van der Waals surface area contributed by atoms with Crippen LogP contribution in [-0.2, 0) is 32.0 Å². The van der Waals surface area contributed by atoms with Gasteiger partial charge in [-0.3, -0.25) is 0 Å². The molecule has 0 spiro atoms. The number of rotatable bonds is 0. The summed E-state index contributed by atoms with van der Waals surface area (Å²) < 4.78 is 0. The summed E-state index contributed by atoms with van der Waals surface area (Å²) in [6, 6.07) is 32.2. The van der Waals surface area contributed by atoms with E-state index in [1.54, 1.807) is 0 Å². The molecule has 4 aromatic rings. The van der Waals surface area contributed by atoms with Crippen LogP contribution in [-0.4, -0.2) is 6.19 Å². The predicted octanol–water partition coefficient (Wildman–Crippen LogP) is 1.53. The summed E-state index contributed by atoms with van der Waals surface area (Å²) in [6.07, 6.45) is 2.28. The molecule has 0 aliphatic heterocycles. The van der Waals surface area contributed by atoms with Gasteiger partial charge in [0.1, 0.15) is 0 Å². The van der Waals surface area contributed by atoms with Gasteiger partial charge in [-0.15, -0.1) is 22.3 Å². The molecule has 2 aliphatic rings. The van der Waals surface area contributed by atoms with E-state index >= 15 is 0 Å². The van der Waals surface area contributed by atoms with Crippen molar-refractivity contribution in [3.05, 3.63) is 118 Å². The Kier molecular flexibility index (Phi) is 10.9. The molecule has 2 aliphatic carbocycles. The largest absolute Gasteiger partial charge is 1.00 e. The average molecular weight is 535 g/mol. The fourth-order valence-electron chi connectivity index (χ4n) is 4.50. The van der Waals surface area contributed by atoms with Gasteiger partial charge < -0.3 is 24.8 Å². The minimum absolute atomic E-state index is 0. The van der Waals surface area contributed by atoms with E-state index in [1.165, 1.54) is 55.6 Å². The molecule has 0 aromatic heterocycles. The molecule has 0 bridgehead atoms. The van der Waals surface area contributed by atoms with Crippen LogP contribution in [0.1, 0.15) is 33.4 Å². The van der Waals surface area contributed by atoms with E-state index < -0.39 is 0 Å². The maximum absolute atomic E-state index is 3.27. The molecule has 0 atom stereocenters. The zero-order valence-electron chi connectivity index (χ0n) is 20.1. The van der Waals surface area contributed by atoms with Crippen molar-refractivity contribution in [3.63, 3.8) is 0 Å². The van der Waals surface area contributed by atoms with Crippen molar-refractivity contribution in [2.75, 3.05) is 0 Å². The maximum atomic E-state index is 3.27. The predicted molar refractivity (Wildman–Crippen MR) is 134 cm³/mol. The van der Waals surface area contributed by atoms with Gasteiger partial charge in [0, 0.05) is 0 Å². The van der Waals surface area contributed by atoms with E-state index in [0.29, 0.717) is 0 Å². The van der Waals surface area contributed by atoms with Gasteiger partial charge in [0.15, 0.2) is 0 Å². The van der Waals surface area contributed by atoms with Crippen molar-refractivity contribution in [1.82, 2.24) is 0 Å². The second kappa shape index (κ2) is 12.9. The third-order valence-corrected chi connectivity index (χ3v) is 6.00. The number of halogens is 2. The van der Waals surface area contributed by atoms with Crippen LogP contribution in [0, 0.1) is 26.0 Å². The van der Waals surface area contributed by atoms with E-state index in [0.717, 1.165) is 12.8 Å². The Hall–Kier alpha value is -1.61. The molecule has 0 nitrogen and oxygen atoms in total. The quantitative estimate of drug-likeness (QED) is 0.205. The van der Waals surface area contributed by atoms with E-state index in [-0.39, 0.29) is 31.0 Å². The smallest absolute Gasteiger partial charge is 0.0398 e. The molecule has 34 heavy (non-hydrogen) atoms. The van der Waals surface area contributed by atoms with Gasteiger partial charge in [0.25, 0.3) is 0 Å². The van der Waals surface area contributed by atoms with Crippen LogP contribution in [0.15, 0.2) is 72.8 Å². The third kappa shape index (κ3) is 6.33. The van der Waals surface area contributed by atoms with Crippen molar-refractivity contribution in [3.8, 4) is 22.3 Å². The number of benzene rings is 4. The molecular weight excluding hydrogens is 507 g/mol. The molecule has 0 amide bonds. The Morgan fingerprint density at radius 1 is 0.618 bits per heavy atom. The molecule has 4 heteroatoms. The minimum atomic E-state index is 0. The van der Waals surface area contributed by atoms with Gasteiger partial charge in [0.05, 0.1) is 0 Å². The Morgan fingerprint density at radius 3 is 1.35 bits per heavy atom. The van der Waals surface area contributed by atoms with Gasteiger partial charge in [0.2, 0.25) is 0 Å². The summed E-state index contributed by atoms with van der Waals surface area (Å²) in [5.41, 5.74) is 14.0. The first-order valence-corrected chi connectivity index (χ1v) is 16.0. The van der Waals surface area contributed by atoms with E-state index in [9.17, 15) is 0 Å². The molecule has 0 N–H and O–H groups in total. The van der Waals surface area contributed by atoms with E-state index in [4.69, 9.17) is 0 Å². The van der Waals surface area contributed by atoms with Gasteiger partial charge in [-0.05, 0) is 35.1 Å². The Balaban J connectivity index is 0.000000198. The summed E-state index contributed by atoms with van der Waals surface area (Å²) >= 11 is 2.27. The number of hydrogen-bond donors (Lipinski definition) is 0. The van der Waals surface area contributed by atoms with E-state index in [2.05, 4.69) is 119 Å². The number of aryl methyl sites for hydroxylation is 2. The van der Waals surface area contributed by atoms with Gasteiger partial charge in [-0.1, -0.05) is 62.4 Å². The van der Waals surface area contributed by atoms with Crippen LogP contribution in [0.5, 0.6) is 0 Å². The molecule has 172 valence electrons. The second-order valence-electron chi connectivity index (χ2n) is 8.66. The van der Waals surface area contributed by atoms with Crippen LogP contribution < -0.4 is 24.8 Å². The van der Waals surface area contributed by atoms with E-state index in [1.807, 2.05) is 12.1 Å². The van der Waals surface area contributed by atoms with Crippen molar-refractivity contribution in [2.45, 2.75) is 39.8 Å². The molecule has 0 saturated carbocycles. The van der Waals surface area contributed by atoms with Gasteiger partial charge in [-0.2, -0.15) is 47.5 Å². The van der Waals surface area contributed by atoms with Crippen LogP contribution in [0.4, 0.5) is 0 Å². The summed E-state index contributed by atoms with van der Waals surface area (Å²) in [5.74, 6) is 0. The third-order valence-electron chi connectivity index (χ3n) is 6.00. The van der Waals surface area contributed by atoms with Crippen LogP contribution in [0.2, 0.25) is 13.1 Å². The van der Waals surface area contributed by atoms with Crippen molar-refractivity contribution < 1.29 is 44.0 Å². The zero-order valence-corrected chi connectivity index (χ0v) is 24.2. The Labute approximate surface area is 229 Å². The zero-order chi connectivity index (χ0) is 22.7. The summed E-state index contributed by atoms with van der Waals surface area (Å²) in [6.45, 7) is 8.82. The molecule has 0 unspecified atom stereocenters. The molecule has 0 heterocycles. The average Bonchev–Trinajstić information content (AvgIpc) is 3.35. The van der Waals surface area contributed by atoms with Crippen LogP contribution in [0.25, 0.3) is 22.3 Å². The molecular formula is C30H28Cl2SiTi-2. The normalized spacial score (nSPS) is 11.0. The van der Waals surface area contributed by atoms with Crippen LogP contribution >= 0.6 is 0 Å². The number of fused-ring (bicyclic) bond motifs is 6. The molecule has 6 rings (SSSR count). The first-order valence-electron chi connectivity index (χ1n) is 11.1. The summed E-state index contributed by atoms with van der Waals surface area (Å²) in [7, 11) is 0. The van der Waals surface area contributed by atoms with Gasteiger partial charge in [-0.25, -0.2) is 0 Å². The second-order valence-corrected chi connectivity index (χ2v) is 15.3. The summed E-state index contributed by atoms with van der Waals surface area (Å²) in [4.78, 5) is 0. The molecule has 0 radical (unpaired) electrons. The molecule has 4 aromatic carbocycles. The standard InChI is InChI=1S/2C14H11.C2H6Si.2ClH.Ti/c2*1-10-5-4-8-13-12-7-3-2-6-11(12)9-14(10)13;1-3-2;;;/h2*2-4,6-8H,9H2,1H3;1-2H3;2*1H;/q2*-1;;;;+2/p-2. The van der Waals surface area contributed by atoms with Crippen molar-refractivity contribution >= 4 is 6.19 Å². The van der Waals surface area contributed by atoms with Crippen LogP contribution in [0.3, 0.4) is 0 Å². The topological polar surface area (TPSA) is 0 Å². The fourth-order valence-corrected chi connectivity index (χ4v) is 4.50. The SMILES string of the molecule is C[Si](C)=[Ti+2].Cc1[c-]ccc2c1Cc1ccccc1-2.Cc1[c-]ccc2c1Cc1ccccc1-2.[Cl-].[Cl-]. The number of hydrogen-bond acceptors (Lipinski definition) is 0. The Morgan fingerprint density at radius 2 is 0.971 bits per heavy atom. The van der Waals surface area contributed by atoms with Gasteiger partial charge >= 0.3 is 38.5 Å². The van der Waals surface area contributed by atoms with Crippen molar-refractivity contribution in [2.24, 2.45) is 0 Å². The Bertz CT molecular complexity index is 1200. The monoisotopic (exact) mass is 534 g/mol. The minimum Gasteiger partial charge on any atom is -1.00 e. The molecule has 0 fully saturated rings. The summed E-state index contributed by atoms with van der Waals surface area (Å²) in [5, 5.41) is 0.